The van der Waals surface area contributed by atoms with Crippen LogP contribution in [0.3, 0.4) is 0 Å². The Kier molecular flexibility index (Phi) is 4.50. The monoisotopic (exact) mass is 345 g/mol. The molecule has 0 aromatic carbocycles. The fourth-order valence-electron chi connectivity index (χ4n) is 1.80. The Morgan fingerprint density at radius 2 is 2.09 bits per heavy atom. The fraction of sp³-hybridized carbons (Fsp3) is 0.0667. The molecule has 3 aromatic rings. The van der Waals surface area contributed by atoms with Gasteiger partial charge in [0.2, 0.25) is 0 Å². The third-order valence-corrected chi connectivity index (χ3v) is 3.83. The second-order valence-corrected chi connectivity index (χ2v) is 5.90. The van der Waals surface area contributed by atoms with Crippen LogP contribution >= 0.6 is 22.9 Å². The maximum absolute atomic E-state index is 12.1. The van der Waals surface area contributed by atoms with Gasteiger partial charge in [0, 0.05) is 11.1 Å². The molecule has 1 amide bonds. The number of hydrogen-bond acceptors (Lipinski definition) is 6. The topological polar surface area (TPSA) is 79.8 Å². The number of halogens is 1. The molecule has 0 aliphatic rings. The molecule has 3 aromatic heterocycles. The molecule has 0 atom stereocenters. The molecule has 3 rings (SSSR count). The highest BCUT2D eigenvalue weighted by Gasteiger charge is 2.11. The molecule has 3 heterocycles. The van der Waals surface area contributed by atoms with E-state index >= 15 is 0 Å². The molecule has 6 nitrogen and oxygen atoms in total. The second-order valence-electron chi connectivity index (χ2n) is 4.65. The van der Waals surface area contributed by atoms with Crippen molar-refractivity contribution in [2.24, 2.45) is 0 Å². The summed E-state index contributed by atoms with van der Waals surface area (Å²) in [6.45, 7) is 1.91. The lowest BCUT2D eigenvalue weighted by molar-refractivity contribution is 0.102. The highest BCUT2D eigenvalue weighted by atomic mass is 35.5. The largest absolute Gasteiger partial charge is 0.319 e. The van der Waals surface area contributed by atoms with E-state index in [1.165, 1.54) is 17.5 Å². The van der Waals surface area contributed by atoms with Crippen LogP contribution in [0, 0.1) is 6.92 Å². The SMILES string of the molecule is Cc1cccc(Nc2nc(C(=O)Nc3ccc(Cl)nc3)cs2)n1. The summed E-state index contributed by atoms with van der Waals surface area (Å²) in [6.07, 6.45) is 1.49. The number of aryl methyl sites for hydroxylation is 1. The van der Waals surface area contributed by atoms with Gasteiger partial charge in [-0.2, -0.15) is 0 Å². The third kappa shape index (κ3) is 4.02. The minimum absolute atomic E-state index is 0.310. The molecule has 2 N–H and O–H groups in total. The van der Waals surface area contributed by atoms with Gasteiger partial charge in [0.1, 0.15) is 16.7 Å². The smallest absolute Gasteiger partial charge is 0.275 e. The molecule has 0 bridgehead atoms. The number of carbonyl (C=O) groups excluding carboxylic acids is 1. The molecule has 0 fully saturated rings. The maximum atomic E-state index is 12.1. The highest BCUT2D eigenvalue weighted by Crippen LogP contribution is 2.20. The Labute approximate surface area is 141 Å². The molecule has 0 aliphatic carbocycles. The van der Waals surface area contributed by atoms with E-state index in [-0.39, 0.29) is 5.91 Å². The van der Waals surface area contributed by atoms with Crippen molar-refractivity contribution >= 4 is 45.5 Å². The molecule has 23 heavy (non-hydrogen) atoms. The molecule has 8 heteroatoms. The Morgan fingerprint density at radius 1 is 1.22 bits per heavy atom. The zero-order valence-electron chi connectivity index (χ0n) is 12.1. The van der Waals surface area contributed by atoms with E-state index in [0.29, 0.717) is 27.5 Å². The predicted octanol–water partition coefficient (Wildman–Crippen LogP) is 3.89. The van der Waals surface area contributed by atoms with Crippen molar-refractivity contribution in [1.82, 2.24) is 15.0 Å². The van der Waals surface area contributed by atoms with Crippen LogP contribution in [0.15, 0.2) is 41.9 Å². The summed E-state index contributed by atoms with van der Waals surface area (Å²) in [6, 6.07) is 8.93. The number of carbonyl (C=O) groups is 1. The number of amides is 1. The van der Waals surface area contributed by atoms with Crippen molar-refractivity contribution in [3.63, 3.8) is 0 Å². The maximum Gasteiger partial charge on any atom is 0.275 e. The summed E-state index contributed by atoms with van der Waals surface area (Å²) in [5, 5.41) is 8.44. The van der Waals surface area contributed by atoms with E-state index in [0.717, 1.165) is 5.69 Å². The summed E-state index contributed by atoms with van der Waals surface area (Å²) in [7, 11) is 0. The molecular weight excluding hydrogens is 334 g/mol. The van der Waals surface area contributed by atoms with E-state index in [1.807, 2.05) is 25.1 Å². The molecule has 0 spiro atoms. The van der Waals surface area contributed by atoms with Crippen molar-refractivity contribution in [1.29, 1.82) is 0 Å². The molecule has 116 valence electrons. The Morgan fingerprint density at radius 3 is 2.83 bits per heavy atom. The number of nitrogens with one attached hydrogen (secondary N) is 2. The first kappa shape index (κ1) is 15.4. The Balaban J connectivity index is 1.68. The Hall–Kier alpha value is -2.51. The number of rotatable bonds is 4. The standard InChI is InChI=1S/C15H12ClN5OS/c1-9-3-2-4-13(18-9)21-15-20-11(8-23-15)14(22)19-10-5-6-12(16)17-7-10/h2-8H,1H3,(H,19,22)(H,18,20,21). The van der Waals surface area contributed by atoms with Gasteiger partial charge in [0.15, 0.2) is 5.13 Å². The zero-order valence-corrected chi connectivity index (χ0v) is 13.6. The van der Waals surface area contributed by atoms with Gasteiger partial charge in [0.05, 0.1) is 11.9 Å². The van der Waals surface area contributed by atoms with E-state index in [9.17, 15) is 4.79 Å². The van der Waals surface area contributed by atoms with E-state index in [4.69, 9.17) is 11.6 Å². The Bertz CT molecular complexity index is 834. The zero-order chi connectivity index (χ0) is 16.2. The molecular formula is C15H12ClN5OS. The minimum atomic E-state index is -0.310. The summed E-state index contributed by atoms with van der Waals surface area (Å²) < 4.78 is 0. The van der Waals surface area contributed by atoms with Crippen LogP contribution in [0.2, 0.25) is 5.15 Å². The number of anilines is 3. The van der Waals surface area contributed by atoms with Crippen LogP contribution in [-0.2, 0) is 0 Å². The first-order valence-corrected chi connectivity index (χ1v) is 7.95. The van der Waals surface area contributed by atoms with Crippen LogP contribution in [0.1, 0.15) is 16.2 Å². The predicted molar refractivity (Wildman–Crippen MR) is 91.6 cm³/mol. The van der Waals surface area contributed by atoms with Crippen molar-refractivity contribution in [2.75, 3.05) is 10.6 Å². The first-order valence-electron chi connectivity index (χ1n) is 6.69. The van der Waals surface area contributed by atoms with Gasteiger partial charge in [0.25, 0.3) is 5.91 Å². The summed E-state index contributed by atoms with van der Waals surface area (Å²) in [5.74, 6) is 0.379. The van der Waals surface area contributed by atoms with Crippen molar-refractivity contribution < 1.29 is 4.79 Å². The van der Waals surface area contributed by atoms with Gasteiger partial charge in [-0.3, -0.25) is 4.79 Å². The molecule has 0 radical (unpaired) electrons. The number of thiazole rings is 1. The molecule has 0 unspecified atom stereocenters. The lowest BCUT2D eigenvalue weighted by Crippen LogP contribution is -2.12. The summed E-state index contributed by atoms with van der Waals surface area (Å²) >= 11 is 7.04. The first-order chi connectivity index (χ1) is 11.1. The van der Waals surface area contributed by atoms with Crippen molar-refractivity contribution in [3.05, 3.63) is 58.4 Å². The highest BCUT2D eigenvalue weighted by molar-refractivity contribution is 7.14. The van der Waals surface area contributed by atoms with Gasteiger partial charge in [-0.25, -0.2) is 15.0 Å². The fourth-order valence-corrected chi connectivity index (χ4v) is 2.61. The molecule has 0 saturated heterocycles. The van der Waals surface area contributed by atoms with E-state index < -0.39 is 0 Å². The normalized spacial score (nSPS) is 10.3. The quantitative estimate of drug-likeness (QED) is 0.701. The lowest BCUT2D eigenvalue weighted by atomic mass is 10.4. The van der Waals surface area contributed by atoms with Crippen LogP contribution in [0.4, 0.5) is 16.6 Å². The molecule has 0 saturated carbocycles. The van der Waals surface area contributed by atoms with Gasteiger partial charge in [-0.1, -0.05) is 17.7 Å². The van der Waals surface area contributed by atoms with Crippen LogP contribution < -0.4 is 10.6 Å². The van der Waals surface area contributed by atoms with E-state index in [2.05, 4.69) is 25.6 Å². The van der Waals surface area contributed by atoms with E-state index in [1.54, 1.807) is 17.5 Å². The van der Waals surface area contributed by atoms with Crippen molar-refractivity contribution in [2.45, 2.75) is 6.92 Å². The van der Waals surface area contributed by atoms with Gasteiger partial charge >= 0.3 is 0 Å². The van der Waals surface area contributed by atoms with Crippen LogP contribution in [0.25, 0.3) is 0 Å². The van der Waals surface area contributed by atoms with Crippen molar-refractivity contribution in [3.8, 4) is 0 Å². The number of pyridine rings is 2. The summed E-state index contributed by atoms with van der Waals surface area (Å²) in [5.41, 5.74) is 1.78. The lowest BCUT2D eigenvalue weighted by Gasteiger charge is -2.03. The number of aromatic nitrogens is 3. The van der Waals surface area contributed by atoms with Gasteiger partial charge in [-0.05, 0) is 31.2 Å². The average Bonchev–Trinajstić information content (AvgIpc) is 2.98. The van der Waals surface area contributed by atoms with Gasteiger partial charge in [-0.15, -0.1) is 11.3 Å². The third-order valence-electron chi connectivity index (χ3n) is 2.85. The van der Waals surface area contributed by atoms with Crippen LogP contribution in [0.5, 0.6) is 0 Å². The molecule has 0 aliphatic heterocycles. The summed E-state index contributed by atoms with van der Waals surface area (Å²) in [4.78, 5) is 24.6. The second kappa shape index (κ2) is 6.72. The average molecular weight is 346 g/mol. The van der Waals surface area contributed by atoms with Gasteiger partial charge < -0.3 is 10.6 Å². The number of nitrogens with zero attached hydrogens (tertiary/aromatic N) is 3. The number of hydrogen-bond donors (Lipinski definition) is 2. The van der Waals surface area contributed by atoms with Crippen LogP contribution in [-0.4, -0.2) is 20.9 Å². The minimum Gasteiger partial charge on any atom is -0.319 e.